The molecule has 0 aliphatic rings. The van der Waals surface area contributed by atoms with Gasteiger partial charge in [-0.2, -0.15) is 0 Å². The first-order chi connectivity index (χ1) is 8.58. The van der Waals surface area contributed by atoms with Crippen LogP contribution in [0.5, 0.6) is 0 Å². The molecule has 18 heavy (non-hydrogen) atoms. The molecular formula is C14H12BrFO2. The summed E-state index contributed by atoms with van der Waals surface area (Å²) in [7, 11) is 0. The van der Waals surface area contributed by atoms with Crippen LogP contribution in [0.1, 0.15) is 28.8 Å². The first-order valence-electron chi connectivity index (χ1n) is 5.65. The van der Waals surface area contributed by atoms with Crippen molar-refractivity contribution in [3.05, 3.63) is 57.7 Å². The summed E-state index contributed by atoms with van der Waals surface area (Å²) < 4.78 is 19.2. The fourth-order valence-corrected chi connectivity index (χ4v) is 2.22. The van der Waals surface area contributed by atoms with E-state index in [9.17, 15) is 9.18 Å². The summed E-state index contributed by atoms with van der Waals surface area (Å²) >= 11 is 3.20. The second-order valence-electron chi connectivity index (χ2n) is 4.00. The normalized spacial score (nSPS) is 10.6. The third-order valence-electron chi connectivity index (χ3n) is 2.57. The lowest BCUT2D eigenvalue weighted by Crippen LogP contribution is -2.02. The molecule has 1 aromatic carbocycles. The standard InChI is InChI=1S/C14H12BrFO2/c1-2-12-3-4-14(18-12)13(17)7-9-5-10(15)8-11(16)6-9/h3-6,8H,2,7H2,1H3. The number of furan rings is 1. The molecule has 0 N–H and O–H groups in total. The van der Waals surface area contributed by atoms with Crippen molar-refractivity contribution >= 4 is 21.7 Å². The maximum atomic E-state index is 13.2. The summed E-state index contributed by atoms with van der Waals surface area (Å²) in [4.78, 5) is 11.9. The predicted octanol–water partition coefficient (Wildman–Crippen LogP) is 4.17. The van der Waals surface area contributed by atoms with Crippen molar-refractivity contribution in [2.45, 2.75) is 19.8 Å². The van der Waals surface area contributed by atoms with E-state index < -0.39 is 0 Å². The van der Waals surface area contributed by atoms with Crippen LogP contribution >= 0.6 is 15.9 Å². The molecule has 1 heterocycles. The van der Waals surface area contributed by atoms with E-state index in [0.717, 1.165) is 12.2 Å². The number of hydrogen-bond donors (Lipinski definition) is 0. The molecule has 94 valence electrons. The number of carbonyl (C=O) groups excluding carboxylic acids is 1. The maximum absolute atomic E-state index is 13.2. The van der Waals surface area contributed by atoms with E-state index >= 15 is 0 Å². The van der Waals surface area contributed by atoms with Crippen LogP contribution in [0.25, 0.3) is 0 Å². The molecule has 1 aromatic heterocycles. The highest BCUT2D eigenvalue weighted by Crippen LogP contribution is 2.17. The van der Waals surface area contributed by atoms with Crippen LogP contribution < -0.4 is 0 Å². The second-order valence-corrected chi connectivity index (χ2v) is 4.91. The number of halogens is 2. The number of carbonyl (C=O) groups is 1. The topological polar surface area (TPSA) is 30.2 Å². The van der Waals surface area contributed by atoms with Crippen LogP contribution in [0.2, 0.25) is 0 Å². The van der Waals surface area contributed by atoms with Gasteiger partial charge < -0.3 is 4.42 Å². The van der Waals surface area contributed by atoms with Crippen LogP contribution in [0.3, 0.4) is 0 Å². The van der Waals surface area contributed by atoms with Gasteiger partial charge in [0.1, 0.15) is 11.6 Å². The van der Waals surface area contributed by atoms with E-state index in [1.165, 1.54) is 12.1 Å². The summed E-state index contributed by atoms with van der Waals surface area (Å²) in [5, 5.41) is 0. The van der Waals surface area contributed by atoms with Gasteiger partial charge in [-0.25, -0.2) is 4.39 Å². The smallest absolute Gasteiger partial charge is 0.202 e. The minimum absolute atomic E-state index is 0.132. The van der Waals surface area contributed by atoms with Gasteiger partial charge in [0.05, 0.1) is 0 Å². The first-order valence-corrected chi connectivity index (χ1v) is 6.44. The first kappa shape index (κ1) is 13.0. The molecule has 0 amide bonds. The van der Waals surface area contributed by atoms with Gasteiger partial charge in [0.2, 0.25) is 5.78 Å². The number of aryl methyl sites for hydroxylation is 1. The average molecular weight is 311 g/mol. The molecule has 0 fully saturated rings. The van der Waals surface area contributed by atoms with E-state index in [1.807, 2.05) is 6.92 Å². The Bertz CT molecular complexity index is 555. The highest BCUT2D eigenvalue weighted by atomic mass is 79.9. The molecule has 0 saturated carbocycles. The maximum Gasteiger partial charge on any atom is 0.202 e. The Labute approximate surface area is 113 Å². The molecule has 2 rings (SSSR count). The minimum Gasteiger partial charge on any atom is -0.458 e. The molecule has 0 bridgehead atoms. The van der Waals surface area contributed by atoms with Gasteiger partial charge in [-0.1, -0.05) is 22.9 Å². The van der Waals surface area contributed by atoms with Crippen molar-refractivity contribution in [3.63, 3.8) is 0 Å². The quantitative estimate of drug-likeness (QED) is 0.793. The Morgan fingerprint density at radius 2 is 2.11 bits per heavy atom. The molecule has 0 unspecified atom stereocenters. The van der Waals surface area contributed by atoms with Crippen molar-refractivity contribution in [1.29, 1.82) is 0 Å². The zero-order valence-electron chi connectivity index (χ0n) is 9.87. The predicted molar refractivity (Wildman–Crippen MR) is 70.2 cm³/mol. The Morgan fingerprint density at radius 3 is 2.72 bits per heavy atom. The van der Waals surface area contributed by atoms with Crippen LogP contribution in [0, 0.1) is 5.82 Å². The van der Waals surface area contributed by atoms with Gasteiger partial charge in [-0.05, 0) is 35.9 Å². The number of hydrogen-bond acceptors (Lipinski definition) is 2. The largest absolute Gasteiger partial charge is 0.458 e. The Balaban J connectivity index is 2.15. The zero-order valence-corrected chi connectivity index (χ0v) is 11.5. The van der Waals surface area contributed by atoms with Crippen LogP contribution in [-0.4, -0.2) is 5.78 Å². The number of rotatable bonds is 4. The van der Waals surface area contributed by atoms with E-state index in [2.05, 4.69) is 15.9 Å². The monoisotopic (exact) mass is 310 g/mol. The molecule has 2 nitrogen and oxygen atoms in total. The lowest BCUT2D eigenvalue weighted by molar-refractivity contribution is 0.0964. The zero-order chi connectivity index (χ0) is 13.1. The van der Waals surface area contributed by atoms with Gasteiger partial charge in [-0.3, -0.25) is 4.79 Å². The average Bonchev–Trinajstić information content (AvgIpc) is 2.75. The third kappa shape index (κ3) is 3.07. The Morgan fingerprint density at radius 1 is 1.33 bits per heavy atom. The lowest BCUT2D eigenvalue weighted by atomic mass is 10.1. The minimum atomic E-state index is -0.360. The van der Waals surface area contributed by atoms with Crippen LogP contribution in [0.4, 0.5) is 4.39 Å². The van der Waals surface area contributed by atoms with E-state index in [0.29, 0.717) is 15.8 Å². The molecule has 0 aliphatic carbocycles. The van der Waals surface area contributed by atoms with Gasteiger partial charge in [0, 0.05) is 17.3 Å². The SMILES string of the molecule is CCc1ccc(C(=O)Cc2cc(F)cc(Br)c2)o1. The number of benzene rings is 1. The number of ketones is 1. The van der Waals surface area contributed by atoms with Crippen molar-refractivity contribution < 1.29 is 13.6 Å². The number of Topliss-reactive ketones (excluding diaryl/α,β-unsaturated/α-hetero) is 1. The van der Waals surface area contributed by atoms with E-state index in [1.54, 1.807) is 18.2 Å². The molecule has 0 atom stereocenters. The highest BCUT2D eigenvalue weighted by Gasteiger charge is 2.12. The second kappa shape index (κ2) is 5.48. The summed E-state index contributed by atoms with van der Waals surface area (Å²) in [5.74, 6) is 0.596. The Hall–Kier alpha value is -1.42. The summed E-state index contributed by atoms with van der Waals surface area (Å²) in [6.07, 6.45) is 0.881. The van der Waals surface area contributed by atoms with Crippen LogP contribution in [0.15, 0.2) is 39.2 Å². The highest BCUT2D eigenvalue weighted by molar-refractivity contribution is 9.10. The fourth-order valence-electron chi connectivity index (χ4n) is 1.70. The van der Waals surface area contributed by atoms with E-state index in [4.69, 9.17) is 4.42 Å². The fraction of sp³-hybridized carbons (Fsp3) is 0.214. The summed E-state index contributed by atoms with van der Waals surface area (Å²) in [6.45, 7) is 1.96. The molecule has 2 aromatic rings. The molecular weight excluding hydrogens is 299 g/mol. The van der Waals surface area contributed by atoms with Gasteiger partial charge >= 0.3 is 0 Å². The third-order valence-corrected chi connectivity index (χ3v) is 3.03. The van der Waals surface area contributed by atoms with Crippen molar-refractivity contribution in [2.75, 3.05) is 0 Å². The molecule has 0 spiro atoms. The lowest BCUT2D eigenvalue weighted by Gasteiger charge is -2.01. The van der Waals surface area contributed by atoms with E-state index in [-0.39, 0.29) is 18.0 Å². The summed E-state index contributed by atoms with van der Waals surface area (Å²) in [6, 6.07) is 7.89. The van der Waals surface area contributed by atoms with Crippen LogP contribution in [-0.2, 0) is 12.8 Å². The summed E-state index contributed by atoms with van der Waals surface area (Å²) in [5.41, 5.74) is 0.626. The van der Waals surface area contributed by atoms with Gasteiger partial charge in [0.15, 0.2) is 5.76 Å². The van der Waals surface area contributed by atoms with Crippen molar-refractivity contribution in [3.8, 4) is 0 Å². The van der Waals surface area contributed by atoms with Gasteiger partial charge in [-0.15, -0.1) is 0 Å². The molecule has 0 aliphatic heterocycles. The molecule has 0 saturated heterocycles. The Kier molecular flexibility index (Phi) is 3.97. The van der Waals surface area contributed by atoms with Crippen molar-refractivity contribution in [2.24, 2.45) is 0 Å². The van der Waals surface area contributed by atoms with Gasteiger partial charge in [0.25, 0.3) is 0 Å². The van der Waals surface area contributed by atoms with Crippen molar-refractivity contribution in [1.82, 2.24) is 0 Å². The molecule has 0 radical (unpaired) electrons. The molecule has 4 heteroatoms.